The molecule has 0 saturated heterocycles. The van der Waals surface area contributed by atoms with Crippen molar-refractivity contribution in [3.63, 3.8) is 0 Å². The van der Waals surface area contributed by atoms with Gasteiger partial charge in [0.25, 0.3) is 9.03 Å². The van der Waals surface area contributed by atoms with Crippen LogP contribution in [0.5, 0.6) is 0 Å². The number of halogens is 4. The highest BCUT2D eigenvalue weighted by Crippen LogP contribution is 2.43. The van der Waals surface area contributed by atoms with Crippen molar-refractivity contribution in [3.8, 4) is 0 Å². The SMILES string of the molecule is O=C(c1ccccc1I)N(SC(Cl)(Cl)Cl)c1ccccc1. The standard InChI is InChI=1S/C14H9Cl3INOS/c15-14(16,17)21-19(10-6-2-1-3-7-10)13(20)11-8-4-5-9-12(11)18/h1-9H. The van der Waals surface area contributed by atoms with Crippen LogP contribution in [0.15, 0.2) is 54.6 Å². The van der Waals surface area contributed by atoms with E-state index in [2.05, 4.69) is 22.6 Å². The van der Waals surface area contributed by atoms with Crippen molar-refractivity contribution in [3.05, 3.63) is 63.7 Å². The number of hydrogen-bond donors (Lipinski definition) is 0. The molecule has 0 N–H and O–H groups in total. The molecule has 0 atom stereocenters. The largest absolute Gasteiger partial charge is 0.269 e. The van der Waals surface area contributed by atoms with Crippen LogP contribution in [0.1, 0.15) is 10.4 Å². The van der Waals surface area contributed by atoms with Crippen molar-refractivity contribution < 1.29 is 4.79 Å². The molecule has 2 aromatic rings. The smallest absolute Gasteiger partial charge is 0.268 e. The zero-order chi connectivity index (χ0) is 15.5. The molecule has 21 heavy (non-hydrogen) atoms. The van der Waals surface area contributed by atoms with E-state index in [4.69, 9.17) is 34.8 Å². The van der Waals surface area contributed by atoms with E-state index in [1.54, 1.807) is 24.3 Å². The third kappa shape index (κ3) is 4.93. The van der Waals surface area contributed by atoms with Gasteiger partial charge in [-0.1, -0.05) is 65.1 Å². The molecule has 1 amide bonds. The van der Waals surface area contributed by atoms with Crippen molar-refractivity contribution in [2.45, 2.75) is 3.12 Å². The second-order valence-electron chi connectivity index (χ2n) is 3.95. The van der Waals surface area contributed by atoms with Gasteiger partial charge in [0.15, 0.2) is 0 Å². The van der Waals surface area contributed by atoms with E-state index in [0.29, 0.717) is 11.3 Å². The molecular formula is C14H9Cl3INOS. The molecule has 7 heteroatoms. The predicted octanol–water partition coefficient (Wildman–Crippen LogP) is 5.91. The Morgan fingerprint density at radius 2 is 1.57 bits per heavy atom. The van der Waals surface area contributed by atoms with Gasteiger partial charge >= 0.3 is 0 Å². The Balaban J connectivity index is 2.41. The van der Waals surface area contributed by atoms with Crippen molar-refractivity contribution in [1.29, 1.82) is 0 Å². The molecule has 0 aliphatic heterocycles. The molecule has 0 heterocycles. The first-order chi connectivity index (χ1) is 9.88. The third-order valence-electron chi connectivity index (χ3n) is 2.47. The van der Waals surface area contributed by atoms with Crippen LogP contribution in [0.25, 0.3) is 0 Å². The number of alkyl halides is 3. The minimum absolute atomic E-state index is 0.234. The molecule has 0 aliphatic carbocycles. The average Bonchev–Trinajstić information content (AvgIpc) is 2.45. The van der Waals surface area contributed by atoms with Crippen LogP contribution in [0.4, 0.5) is 5.69 Å². The average molecular weight is 473 g/mol. The van der Waals surface area contributed by atoms with Gasteiger partial charge in [-0.15, -0.1) is 0 Å². The molecule has 0 saturated carbocycles. The lowest BCUT2D eigenvalue weighted by molar-refractivity contribution is 0.101. The molecule has 0 unspecified atom stereocenters. The topological polar surface area (TPSA) is 20.3 Å². The fourth-order valence-corrected chi connectivity index (χ4v) is 3.48. The summed E-state index contributed by atoms with van der Waals surface area (Å²) in [7, 11) is 0. The molecule has 0 radical (unpaired) electrons. The van der Waals surface area contributed by atoms with Crippen molar-refractivity contribution in [2.75, 3.05) is 4.31 Å². The van der Waals surface area contributed by atoms with Crippen molar-refractivity contribution >= 4 is 80.9 Å². The Labute approximate surface area is 156 Å². The van der Waals surface area contributed by atoms with E-state index in [-0.39, 0.29) is 5.91 Å². The Bertz CT molecular complexity index is 634. The van der Waals surface area contributed by atoms with Gasteiger partial charge in [0.1, 0.15) is 0 Å². The Hall–Kier alpha value is -0.140. The van der Waals surface area contributed by atoms with Gasteiger partial charge in [0.05, 0.1) is 11.3 Å². The Morgan fingerprint density at radius 3 is 2.14 bits per heavy atom. The minimum Gasteiger partial charge on any atom is -0.268 e. The summed E-state index contributed by atoms with van der Waals surface area (Å²) in [6.07, 6.45) is 0. The molecule has 110 valence electrons. The van der Waals surface area contributed by atoms with Crippen molar-refractivity contribution in [2.24, 2.45) is 0 Å². The van der Waals surface area contributed by atoms with Gasteiger partial charge in [-0.05, 0) is 46.9 Å². The van der Waals surface area contributed by atoms with Gasteiger partial charge in [0, 0.05) is 15.5 Å². The van der Waals surface area contributed by atoms with Gasteiger partial charge in [0.2, 0.25) is 0 Å². The first-order valence-electron chi connectivity index (χ1n) is 5.78. The second kappa shape index (κ2) is 7.42. The number of para-hydroxylation sites is 1. The summed E-state index contributed by atoms with van der Waals surface area (Å²) in [5, 5.41) is 0. The molecule has 0 aliphatic rings. The monoisotopic (exact) mass is 471 g/mol. The summed E-state index contributed by atoms with van der Waals surface area (Å²) in [6.45, 7) is 0. The van der Waals surface area contributed by atoms with Gasteiger partial charge in [-0.2, -0.15) is 0 Å². The maximum atomic E-state index is 12.8. The molecule has 0 fully saturated rings. The first-order valence-corrected chi connectivity index (χ1v) is 8.77. The fraction of sp³-hybridized carbons (Fsp3) is 0.0714. The normalized spacial score (nSPS) is 11.2. The summed E-state index contributed by atoms with van der Waals surface area (Å²) in [5.41, 5.74) is 1.21. The zero-order valence-electron chi connectivity index (χ0n) is 10.5. The van der Waals surface area contributed by atoms with Gasteiger partial charge < -0.3 is 0 Å². The summed E-state index contributed by atoms with van der Waals surface area (Å²) >= 11 is 20.5. The number of hydrogen-bond acceptors (Lipinski definition) is 2. The quantitative estimate of drug-likeness (QED) is 0.314. The van der Waals surface area contributed by atoms with E-state index in [1.807, 2.05) is 30.3 Å². The lowest BCUT2D eigenvalue weighted by Crippen LogP contribution is -2.27. The van der Waals surface area contributed by atoms with Crippen LogP contribution in [0.2, 0.25) is 0 Å². The summed E-state index contributed by atoms with van der Waals surface area (Å²) in [4.78, 5) is 12.8. The van der Waals surface area contributed by atoms with Crippen LogP contribution >= 0.6 is 69.3 Å². The maximum absolute atomic E-state index is 12.8. The molecule has 2 rings (SSSR count). The van der Waals surface area contributed by atoms with Crippen molar-refractivity contribution in [1.82, 2.24) is 0 Å². The van der Waals surface area contributed by atoms with Gasteiger partial charge in [-0.3, -0.25) is 4.79 Å². The van der Waals surface area contributed by atoms with Gasteiger partial charge in [-0.25, -0.2) is 4.31 Å². The highest BCUT2D eigenvalue weighted by atomic mass is 127. The maximum Gasteiger partial charge on any atom is 0.269 e. The number of rotatable bonds is 3. The molecule has 2 nitrogen and oxygen atoms in total. The first kappa shape index (κ1) is 17.2. The second-order valence-corrected chi connectivity index (χ2v) is 9.23. The number of carbonyl (C=O) groups excluding carboxylic acids is 1. The molecule has 0 spiro atoms. The predicted molar refractivity (Wildman–Crippen MR) is 100 cm³/mol. The van der Waals surface area contributed by atoms with E-state index >= 15 is 0 Å². The van der Waals surface area contributed by atoms with E-state index in [1.165, 1.54) is 4.31 Å². The number of nitrogens with zero attached hydrogens (tertiary/aromatic N) is 1. The lowest BCUT2D eigenvalue weighted by atomic mass is 10.2. The number of carbonyl (C=O) groups is 1. The number of benzene rings is 2. The van der Waals surface area contributed by atoms with Crippen LogP contribution in [0, 0.1) is 3.57 Å². The summed E-state index contributed by atoms with van der Waals surface area (Å²) in [5.74, 6) is -0.234. The lowest BCUT2D eigenvalue weighted by Gasteiger charge is -2.25. The van der Waals surface area contributed by atoms with E-state index < -0.39 is 3.12 Å². The fourth-order valence-electron chi connectivity index (χ4n) is 1.62. The third-order valence-corrected chi connectivity index (χ3v) is 4.80. The van der Waals surface area contributed by atoms with Crippen LogP contribution in [0.3, 0.4) is 0 Å². The van der Waals surface area contributed by atoms with Crippen LogP contribution in [-0.2, 0) is 0 Å². The van der Waals surface area contributed by atoms with Crippen LogP contribution < -0.4 is 4.31 Å². The Kier molecular flexibility index (Phi) is 6.08. The van der Waals surface area contributed by atoms with E-state index in [9.17, 15) is 4.79 Å². The molecular weight excluding hydrogens is 463 g/mol. The van der Waals surface area contributed by atoms with E-state index in [0.717, 1.165) is 15.5 Å². The summed E-state index contributed by atoms with van der Waals surface area (Å²) < 4.78 is 0.599. The number of amides is 1. The van der Waals surface area contributed by atoms with Crippen LogP contribution in [-0.4, -0.2) is 9.03 Å². The highest BCUT2D eigenvalue weighted by molar-refractivity contribution is 14.1. The molecule has 2 aromatic carbocycles. The molecule has 0 aromatic heterocycles. The Morgan fingerprint density at radius 1 is 1.00 bits per heavy atom. The summed E-state index contributed by atoms with van der Waals surface area (Å²) in [6, 6.07) is 16.4. The molecule has 0 bridgehead atoms. The highest BCUT2D eigenvalue weighted by Gasteiger charge is 2.30. The zero-order valence-corrected chi connectivity index (χ0v) is 15.7. The minimum atomic E-state index is -1.63. The number of anilines is 1.